The molecule has 13 heavy (non-hydrogen) atoms. The summed E-state index contributed by atoms with van der Waals surface area (Å²) in [7, 11) is 0. The molecule has 1 heterocycles. The molecule has 0 fully saturated rings. The van der Waals surface area contributed by atoms with Crippen LogP contribution in [-0.4, -0.2) is 5.11 Å². The molecule has 1 aromatic carbocycles. The Balaban J connectivity index is 2.69. The van der Waals surface area contributed by atoms with Crippen molar-refractivity contribution < 1.29 is 13.9 Å². The van der Waals surface area contributed by atoms with Crippen molar-refractivity contribution in [1.82, 2.24) is 0 Å². The smallest absolute Gasteiger partial charge is 0.265 e. The molecule has 1 nitrogen and oxygen atoms in total. The van der Waals surface area contributed by atoms with Crippen molar-refractivity contribution in [1.29, 1.82) is 0 Å². The van der Waals surface area contributed by atoms with E-state index in [9.17, 15) is 8.78 Å². The monoisotopic (exact) mass is 200 g/mol. The topological polar surface area (TPSA) is 20.2 Å². The fourth-order valence-corrected chi connectivity index (χ4v) is 2.19. The summed E-state index contributed by atoms with van der Waals surface area (Å²) < 4.78 is 25.4. The van der Waals surface area contributed by atoms with Gasteiger partial charge in [0.25, 0.3) is 6.43 Å². The molecule has 0 radical (unpaired) electrons. The molecule has 0 aliphatic carbocycles. The van der Waals surface area contributed by atoms with Crippen molar-refractivity contribution in [3.63, 3.8) is 0 Å². The van der Waals surface area contributed by atoms with Gasteiger partial charge in [-0.25, -0.2) is 8.78 Å². The molecule has 0 spiro atoms. The quantitative estimate of drug-likeness (QED) is 0.746. The maximum absolute atomic E-state index is 12.4. The first-order valence-electron chi connectivity index (χ1n) is 3.67. The predicted molar refractivity (Wildman–Crippen MR) is 48.4 cm³/mol. The van der Waals surface area contributed by atoms with Gasteiger partial charge in [-0.3, -0.25) is 0 Å². The third-order valence-corrected chi connectivity index (χ3v) is 2.79. The van der Waals surface area contributed by atoms with Crippen LogP contribution in [0.1, 0.15) is 12.0 Å². The summed E-state index contributed by atoms with van der Waals surface area (Å²) in [6.07, 6.45) is -2.45. The second-order valence-corrected chi connectivity index (χ2v) is 3.58. The normalized spacial score (nSPS) is 11.3. The van der Waals surface area contributed by atoms with E-state index in [4.69, 9.17) is 5.11 Å². The number of phenolic OH excluding ortho intramolecular Hbond substituents is 1. The van der Waals surface area contributed by atoms with E-state index in [0.29, 0.717) is 10.1 Å². The van der Waals surface area contributed by atoms with Crippen LogP contribution in [0.3, 0.4) is 0 Å². The molecule has 0 saturated carbocycles. The van der Waals surface area contributed by atoms with Gasteiger partial charge in [0.2, 0.25) is 0 Å². The lowest BCUT2D eigenvalue weighted by molar-refractivity contribution is 0.153. The third kappa shape index (κ3) is 1.37. The van der Waals surface area contributed by atoms with Gasteiger partial charge in [-0.2, -0.15) is 0 Å². The molecule has 0 aliphatic heterocycles. The molecule has 0 bridgehead atoms. The largest absolute Gasteiger partial charge is 0.508 e. The standard InChI is InChI=1S/C9H6F2OS/c10-9(11)7-4-13-8-3-5(12)1-2-6(7)8/h1-4,9,12H. The van der Waals surface area contributed by atoms with Gasteiger partial charge in [-0.05, 0) is 18.2 Å². The SMILES string of the molecule is Oc1ccc2c(C(F)F)csc2c1. The number of thiophene rings is 1. The second-order valence-electron chi connectivity index (χ2n) is 2.67. The highest BCUT2D eigenvalue weighted by atomic mass is 32.1. The van der Waals surface area contributed by atoms with Crippen LogP contribution in [0.5, 0.6) is 5.75 Å². The summed E-state index contributed by atoms with van der Waals surface area (Å²) in [6.45, 7) is 0. The Labute approximate surface area is 77.2 Å². The molecule has 2 rings (SSSR count). The van der Waals surface area contributed by atoms with Gasteiger partial charge in [0.05, 0.1) is 0 Å². The Hall–Kier alpha value is -1.16. The molecular weight excluding hydrogens is 194 g/mol. The summed E-state index contributed by atoms with van der Waals surface area (Å²) in [5.74, 6) is 0.107. The van der Waals surface area contributed by atoms with E-state index in [1.165, 1.54) is 34.9 Å². The van der Waals surface area contributed by atoms with Gasteiger partial charge >= 0.3 is 0 Å². The lowest BCUT2D eigenvalue weighted by Gasteiger charge is -1.96. The van der Waals surface area contributed by atoms with Crippen LogP contribution >= 0.6 is 11.3 Å². The number of benzene rings is 1. The molecule has 1 N–H and O–H groups in total. The molecule has 68 valence electrons. The maximum Gasteiger partial charge on any atom is 0.265 e. The third-order valence-electron chi connectivity index (χ3n) is 1.82. The van der Waals surface area contributed by atoms with Crippen molar-refractivity contribution >= 4 is 21.4 Å². The van der Waals surface area contributed by atoms with Gasteiger partial charge in [-0.15, -0.1) is 11.3 Å². The highest BCUT2D eigenvalue weighted by Crippen LogP contribution is 2.34. The van der Waals surface area contributed by atoms with Crippen molar-refractivity contribution in [3.8, 4) is 5.75 Å². The molecular formula is C9H6F2OS. The van der Waals surface area contributed by atoms with Crippen LogP contribution in [-0.2, 0) is 0 Å². The number of alkyl halides is 2. The highest BCUT2D eigenvalue weighted by Gasteiger charge is 2.13. The lowest BCUT2D eigenvalue weighted by Crippen LogP contribution is -1.79. The van der Waals surface area contributed by atoms with E-state index in [2.05, 4.69) is 0 Å². The fraction of sp³-hybridized carbons (Fsp3) is 0.111. The molecule has 4 heteroatoms. The van der Waals surface area contributed by atoms with Crippen LogP contribution in [0.25, 0.3) is 10.1 Å². The molecule has 0 amide bonds. The minimum Gasteiger partial charge on any atom is -0.508 e. The van der Waals surface area contributed by atoms with Crippen molar-refractivity contribution in [3.05, 3.63) is 29.1 Å². The number of halogens is 2. The number of phenols is 1. The minimum absolute atomic E-state index is 0.0417. The number of hydrogen-bond donors (Lipinski definition) is 1. The summed E-state index contributed by atoms with van der Waals surface area (Å²) in [5, 5.41) is 11.0. The van der Waals surface area contributed by atoms with E-state index in [1.54, 1.807) is 0 Å². The number of rotatable bonds is 1. The molecule has 0 aliphatic rings. The Morgan fingerprint density at radius 2 is 2.08 bits per heavy atom. The average molecular weight is 200 g/mol. The zero-order valence-electron chi connectivity index (χ0n) is 6.50. The van der Waals surface area contributed by atoms with Crippen LogP contribution in [0, 0.1) is 0 Å². The van der Waals surface area contributed by atoms with E-state index in [0.717, 1.165) is 0 Å². The van der Waals surface area contributed by atoms with E-state index < -0.39 is 6.43 Å². The summed E-state index contributed by atoms with van der Waals surface area (Å²) in [4.78, 5) is 0. The van der Waals surface area contributed by atoms with Crippen molar-refractivity contribution in [2.24, 2.45) is 0 Å². The highest BCUT2D eigenvalue weighted by molar-refractivity contribution is 7.17. The predicted octanol–water partition coefficient (Wildman–Crippen LogP) is 3.54. The van der Waals surface area contributed by atoms with Crippen LogP contribution in [0.2, 0.25) is 0 Å². The second kappa shape index (κ2) is 2.96. The van der Waals surface area contributed by atoms with Gasteiger partial charge in [0, 0.05) is 21.0 Å². The van der Waals surface area contributed by atoms with Gasteiger partial charge in [0.15, 0.2) is 0 Å². The minimum atomic E-state index is -2.45. The molecule has 0 atom stereocenters. The summed E-state index contributed by atoms with van der Waals surface area (Å²) in [5.41, 5.74) is 0.0417. The molecule has 0 unspecified atom stereocenters. The average Bonchev–Trinajstić information content (AvgIpc) is 2.46. The maximum atomic E-state index is 12.4. The zero-order valence-corrected chi connectivity index (χ0v) is 7.31. The molecule has 2 aromatic rings. The number of fused-ring (bicyclic) bond motifs is 1. The zero-order chi connectivity index (χ0) is 9.42. The van der Waals surface area contributed by atoms with Crippen LogP contribution < -0.4 is 0 Å². The molecule has 1 aromatic heterocycles. The van der Waals surface area contributed by atoms with Crippen molar-refractivity contribution in [2.45, 2.75) is 6.43 Å². The van der Waals surface area contributed by atoms with E-state index >= 15 is 0 Å². The first-order chi connectivity index (χ1) is 6.18. The van der Waals surface area contributed by atoms with Gasteiger partial charge < -0.3 is 5.11 Å². The van der Waals surface area contributed by atoms with Gasteiger partial charge in [0.1, 0.15) is 5.75 Å². The molecule has 0 saturated heterocycles. The lowest BCUT2D eigenvalue weighted by atomic mass is 10.2. The van der Waals surface area contributed by atoms with E-state index in [1.807, 2.05) is 0 Å². The first-order valence-corrected chi connectivity index (χ1v) is 4.54. The van der Waals surface area contributed by atoms with Crippen LogP contribution in [0.4, 0.5) is 8.78 Å². The Kier molecular flexibility index (Phi) is 1.92. The van der Waals surface area contributed by atoms with E-state index in [-0.39, 0.29) is 11.3 Å². The Morgan fingerprint density at radius 3 is 2.77 bits per heavy atom. The van der Waals surface area contributed by atoms with Crippen LogP contribution in [0.15, 0.2) is 23.6 Å². The Bertz CT molecular complexity index is 436. The fourth-order valence-electron chi connectivity index (χ4n) is 1.21. The first kappa shape index (κ1) is 8.44. The summed E-state index contributed by atoms with van der Waals surface area (Å²) in [6, 6.07) is 4.43. The van der Waals surface area contributed by atoms with Crippen molar-refractivity contribution in [2.75, 3.05) is 0 Å². The number of aromatic hydroxyl groups is 1. The Morgan fingerprint density at radius 1 is 1.31 bits per heavy atom. The number of hydrogen-bond acceptors (Lipinski definition) is 2. The summed E-state index contributed by atoms with van der Waals surface area (Å²) >= 11 is 1.22. The van der Waals surface area contributed by atoms with Gasteiger partial charge in [-0.1, -0.05) is 0 Å².